The molecule has 4 rings (SSSR count). The number of likely N-dealkylation sites (tertiary alicyclic amines) is 1. The molecule has 2 saturated heterocycles. The van der Waals surface area contributed by atoms with Crippen LogP contribution in [0.2, 0.25) is 0 Å². The van der Waals surface area contributed by atoms with Crippen LogP contribution in [0.3, 0.4) is 0 Å². The molecule has 6 nitrogen and oxygen atoms in total. The summed E-state index contributed by atoms with van der Waals surface area (Å²) in [7, 11) is 0. The largest absolute Gasteiger partial charge is 0.493 e. The van der Waals surface area contributed by atoms with Crippen LogP contribution in [0.1, 0.15) is 78.0 Å². The molecule has 0 radical (unpaired) electrons. The first-order chi connectivity index (χ1) is 19.3. The fourth-order valence-electron chi connectivity index (χ4n) is 6.04. The van der Waals surface area contributed by atoms with Crippen LogP contribution in [0.5, 0.6) is 5.75 Å². The summed E-state index contributed by atoms with van der Waals surface area (Å²) < 4.78 is 5.97. The van der Waals surface area contributed by atoms with Crippen LogP contribution in [0.25, 0.3) is 0 Å². The molecule has 7 heteroatoms. The maximum atomic E-state index is 13.7. The number of rotatable bonds is 8. The van der Waals surface area contributed by atoms with Crippen LogP contribution in [0, 0.1) is 11.3 Å². The topological polar surface area (TPSA) is 53.1 Å². The summed E-state index contributed by atoms with van der Waals surface area (Å²) in [6.45, 7) is 17.2. The third-order valence-corrected chi connectivity index (χ3v) is 9.11. The average molecular weight is 674 g/mol. The van der Waals surface area contributed by atoms with Crippen molar-refractivity contribution in [1.82, 2.24) is 14.7 Å². The van der Waals surface area contributed by atoms with Crippen molar-refractivity contribution in [3.05, 3.63) is 65.7 Å². The van der Waals surface area contributed by atoms with Crippen molar-refractivity contribution in [2.45, 2.75) is 76.3 Å². The molecule has 1 unspecified atom stereocenters. The summed E-state index contributed by atoms with van der Waals surface area (Å²) in [5, 5.41) is 0. The number of alkyl halides is 1. The predicted octanol–water partition coefficient (Wildman–Crippen LogP) is 6.58. The van der Waals surface area contributed by atoms with Crippen molar-refractivity contribution in [2.24, 2.45) is 11.3 Å². The highest BCUT2D eigenvalue weighted by atomic mass is 127. The predicted molar refractivity (Wildman–Crippen MR) is 174 cm³/mol. The van der Waals surface area contributed by atoms with Gasteiger partial charge in [-0.05, 0) is 61.3 Å². The van der Waals surface area contributed by atoms with Gasteiger partial charge in [0.05, 0.1) is 18.7 Å². The van der Waals surface area contributed by atoms with Gasteiger partial charge in [0.25, 0.3) is 0 Å². The summed E-state index contributed by atoms with van der Waals surface area (Å²) in [6.07, 6.45) is 2.40. The molecular formula is C34H48IN3O3. The Kier molecular flexibility index (Phi) is 10.4. The Hall–Kier alpha value is -2.13. The summed E-state index contributed by atoms with van der Waals surface area (Å²) in [5.74, 6) is 1.64. The molecule has 2 heterocycles. The van der Waals surface area contributed by atoms with Crippen molar-refractivity contribution in [3.63, 3.8) is 0 Å². The van der Waals surface area contributed by atoms with E-state index in [1.165, 1.54) is 11.1 Å². The van der Waals surface area contributed by atoms with E-state index in [2.05, 4.69) is 122 Å². The van der Waals surface area contributed by atoms with Gasteiger partial charge in [0.1, 0.15) is 5.75 Å². The Bertz CT molecular complexity index is 1150. The maximum Gasteiger partial charge on any atom is 0.223 e. The Morgan fingerprint density at radius 1 is 0.902 bits per heavy atom. The van der Waals surface area contributed by atoms with E-state index in [1.807, 2.05) is 4.90 Å². The smallest absolute Gasteiger partial charge is 0.223 e. The standard InChI is InChI=1S/C34H48IN3O3/c1-25(39)36-18-16-26(17-19-36)22-31(40)38-21-20-37(23-30(38)34(5,6)35)32(27-10-8-7-9-11-27)28-12-14-29(15-13-28)41-24-33(2,3)4/h7-15,26,30,32H,16-24H2,1-6H3/t30-,32?/m1/s1. The van der Waals surface area contributed by atoms with Crippen LogP contribution >= 0.6 is 22.6 Å². The van der Waals surface area contributed by atoms with Crippen molar-refractivity contribution >= 4 is 34.4 Å². The Morgan fingerprint density at radius 3 is 2.07 bits per heavy atom. The molecule has 2 aliphatic heterocycles. The number of hydrogen-bond acceptors (Lipinski definition) is 4. The third-order valence-electron chi connectivity index (χ3n) is 8.40. The quantitative estimate of drug-likeness (QED) is 0.235. The second-order valence-corrected chi connectivity index (χ2v) is 16.3. The summed E-state index contributed by atoms with van der Waals surface area (Å²) in [5.41, 5.74) is 2.61. The van der Waals surface area contributed by atoms with Gasteiger partial charge in [0, 0.05) is 49.5 Å². The molecule has 2 amide bonds. The Morgan fingerprint density at radius 2 is 1.51 bits per heavy atom. The molecule has 2 aromatic rings. The molecule has 0 spiro atoms. The molecule has 2 aromatic carbocycles. The second kappa shape index (κ2) is 13.4. The van der Waals surface area contributed by atoms with E-state index in [9.17, 15) is 9.59 Å². The van der Waals surface area contributed by atoms with Gasteiger partial charge in [0.15, 0.2) is 0 Å². The number of piperazine rings is 1. The molecule has 0 aromatic heterocycles. The first kappa shape index (κ1) is 31.8. The van der Waals surface area contributed by atoms with E-state index in [1.54, 1.807) is 6.92 Å². The molecule has 0 N–H and O–H groups in total. The van der Waals surface area contributed by atoms with Crippen LogP contribution < -0.4 is 4.74 Å². The second-order valence-electron chi connectivity index (χ2n) is 13.5. The number of amides is 2. The minimum Gasteiger partial charge on any atom is -0.493 e. The van der Waals surface area contributed by atoms with E-state index in [-0.39, 0.29) is 32.7 Å². The SMILES string of the molecule is CC(=O)N1CCC(CC(=O)N2CCN(C(c3ccccc3)c3ccc(OCC(C)(C)C)cc3)C[C@@H]2C(C)(C)I)CC1. The highest BCUT2D eigenvalue weighted by Crippen LogP contribution is 2.37. The highest BCUT2D eigenvalue weighted by molar-refractivity contribution is 14.1. The molecule has 224 valence electrons. The number of nitrogens with zero attached hydrogens (tertiary/aromatic N) is 3. The molecule has 41 heavy (non-hydrogen) atoms. The number of carbonyl (C=O) groups is 2. The van der Waals surface area contributed by atoms with E-state index in [0.29, 0.717) is 18.9 Å². The number of benzene rings is 2. The number of ether oxygens (including phenoxy) is 1. The zero-order chi connectivity index (χ0) is 29.8. The normalized spacial score (nSPS) is 20.1. The molecule has 0 saturated carbocycles. The van der Waals surface area contributed by atoms with Crippen molar-refractivity contribution in [3.8, 4) is 5.75 Å². The van der Waals surface area contributed by atoms with Crippen molar-refractivity contribution < 1.29 is 14.3 Å². The first-order valence-corrected chi connectivity index (χ1v) is 16.2. The Balaban J connectivity index is 1.51. The van der Waals surface area contributed by atoms with Crippen molar-refractivity contribution in [2.75, 3.05) is 39.3 Å². The zero-order valence-electron chi connectivity index (χ0n) is 25.7. The van der Waals surface area contributed by atoms with E-state index < -0.39 is 0 Å². The maximum absolute atomic E-state index is 13.7. The number of carbonyl (C=O) groups excluding carboxylic acids is 2. The highest BCUT2D eigenvalue weighted by Gasteiger charge is 2.41. The minimum atomic E-state index is -0.0873. The van der Waals surface area contributed by atoms with Gasteiger partial charge in [-0.1, -0.05) is 85.8 Å². The number of hydrogen-bond donors (Lipinski definition) is 0. The molecule has 2 aliphatic rings. The van der Waals surface area contributed by atoms with Crippen molar-refractivity contribution in [1.29, 1.82) is 0 Å². The lowest BCUT2D eigenvalue weighted by Gasteiger charge is -2.49. The molecule has 0 aliphatic carbocycles. The fourth-order valence-corrected chi connectivity index (χ4v) is 6.57. The minimum absolute atomic E-state index is 0.0873. The van der Waals surface area contributed by atoms with E-state index in [0.717, 1.165) is 51.3 Å². The van der Waals surface area contributed by atoms with Crippen LogP contribution in [0.15, 0.2) is 54.6 Å². The fraction of sp³-hybridized carbons (Fsp3) is 0.588. The summed E-state index contributed by atoms with van der Waals surface area (Å²) in [4.78, 5) is 32.1. The van der Waals surface area contributed by atoms with Gasteiger partial charge in [-0.25, -0.2) is 0 Å². The van der Waals surface area contributed by atoms with Crippen LogP contribution in [-0.4, -0.2) is 75.3 Å². The van der Waals surface area contributed by atoms with Gasteiger partial charge in [-0.15, -0.1) is 0 Å². The first-order valence-electron chi connectivity index (χ1n) is 15.1. The molecular weight excluding hydrogens is 625 g/mol. The lowest BCUT2D eigenvalue weighted by atomic mass is 9.90. The van der Waals surface area contributed by atoms with Gasteiger partial charge in [-0.3, -0.25) is 14.5 Å². The van der Waals surface area contributed by atoms with E-state index in [4.69, 9.17) is 4.74 Å². The monoisotopic (exact) mass is 673 g/mol. The van der Waals surface area contributed by atoms with Gasteiger partial charge in [0.2, 0.25) is 11.8 Å². The molecule has 0 bridgehead atoms. The number of piperidine rings is 1. The third kappa shape index (κ3) is 8.69. The van der Waals surface area contributed by atoms with Gasteiger partial charge < -0.3 is 14.5 Å². The van der Waals surface area contributed by atoms with Crippen LogP contribution in [0.4, 0.5) is 0 Å². The van der Waals surface area contributed by atoms with Gasteiger partial charge >= 0.3 is 0 Å². The number of halogens is 1. The lowest BCUT2D eigenvalue weighted by Crippen LogP contribution is -2.61. The van der Waals surface area contributed by atoms with E-state index >= 15 is 0 Å². The lowest BCUT2D eigenvalue weighted by molar-refractivity contribution is -0.138. The summed E-state index contributed by atoms with van der Waals surface area (Å²) >= 11 is 2.53. The zero-order valence-corrected chi connectivity index (χ0v) is 27.9. The van der Waals surface area contributed by atoms with Crippen LogP contribution in [-0.2, 0) is 9.59 Å². The molecule has 2 fully saturated rings. The molecule has 2 atom stereocenters. The summed E-state index contributed by atoms with van der Waals surface area (Å²) in [6, 6.07) is 19.5. The Labute approximate surface area is 260 Å². The van der Waals surface area contributed by atoms with Gasteiger partial charge in [-0.2, -0.15) is 0 Å². The average Bonchev–Trinajstić information content (AvgIpc) is 2.92.